The van der Waals surface area contributed by atoms with Gasteiger partial charge >= 0.3 is 0 Å². The number of anilines is 1. The Morgan fingerprint density at radius 3 is 2.90 bits per heavy atom. The summed E-state index contributed by atoms with van der Waals surface area (Å²) in [7, 11) is 1.42. The number of hydrogen-bond donors (Lipinski definition) is 4. The van der Waals surface area contributed by atoms with Crippen LogP contribution < -0.4 is 10.1 Å². The minimum atomic E-state index is -0.291. The number of nitrogens with zero attached hydrogens (tertiary/aromatic N) is 3. The topological polar surface area (TPSA) is 116 Å². The van der Waals surface area contributed by atoms with Crippen LogP contribution in [-0.2, 0) is 6.54 Å². The van der Waals surface area contributed by atoms with Crippen molar-refractivity contribution in [1.82, 2.24) is 19.9 Å². The molecule has 0 aliphatic rings. The fraction of sp³-hybridized carbons (Fsp3) is 0.154. The van der Waals surface area contributed by atoms with Gasteiger partial charge in [-0.2, -0.15) is 4.98 Å². The van der Waals surface area contributed by atoms with Crippen molar-refractivity contribution in [3.05, 3.63) is 30.2 Å². The maximum atomic E-state index is 9.90. The van der Waals surface area contributed by atoms with E-state index >= 15 is 0 Å². The molecule has 0 atom stereocenters. The van der Waals surface area contributed by atoms with Crippen LogP contribution in [0.4, 0.5) is 5.95 Å². The lowest BCUT2D eigenvalue weighted by atomic mass is 10.1. The number of aromatic hydroxyl groups is 2. The third-order valence-corrected chi connectivity index (χ3v) is 3.03. The van der Waals surface area contributed by atoms with E-state index in [-0.39, 0.29) is 23.8 Å². The largest absolute Gasteiger partial charge is 0.504 e. The molecule has 0 aliphatic carbocycles. The van der Waals surface area contributed by atoms with Gasteiger partial charge in [0.2, 0.25) is 11.7 Å². The second-order valence-corrected chi connectivity index (χ2v) is 4.31. The molecule has 0 unspecified atom stereocenters. The Bertz CT molecular complexity index is 787. The van der Waals surface area contributed by atoms with Crippen LogP contribution in [0.1, 0.15) is 5.56 Å². The van der Waals surface area contributed by atoms with Crippen LogP contribution in [0.5, 0.6) is 17.2 Å². The van der Waals surface area contributed by atoms with Crippen LogP contribution in [0.15, 0.2) is 24.7 Å². The first-order valence-electron chi connectivity index (χ1n) is 6.17. The number of imidazole rings is 1. The van der Waals surface area contributed by atoms with Crippen LogP contribution in [-0.4, -0.2) is 37.3 Å². The van der Waals surface area contributed by atoms with E-state index in [0.29, 0.717) is 17.2 Å². The van der Waals surface area contributed by atoms with Gasteiger partial charge in [0.15, 0.2) is 17.1 Å². The highest BCUT2D eigenvalue weighted by Crippen LogP contribution is 2.37. The van der Waals surface area contributed by atoms with Crippen LogP contribution in [0, 0.1) is 0 Å². The molecule has 0 radical (unpaired) electrons. The summed E-state index contributed by atoms with van der Waals surface area (Å²) in [6, 6.07) is 3.22. The first-order chi connectivity index (χ1) is 10.2. The maximum Gasteiger partial charge on any atom is 0.225 e. The Labute approximate surface area is 119 Å². The molecule has 0 fully saturated rings. The fourth-order valence-corrected chi connectivity index (χ4v) is 1.91. The second kappa shape index (κ2) is 5.16. The number of fused-ring (bicyclic) bond motifs is 1. The lowest BCUT2D eigenvalue weighted by Gasteiger charge is -2.10. The molecule has 8 heteroatoms. The predicted octanol–water partition coefficient (Wildman–Crippen LogP) is 1.38. The summed E-state index contributed by atoms with van der Waals surface area (Å²) in [4.78, 5) is 15.3. The summed E-state index contributed by atoms with van der Waals surface area (Å²) in [5, 5.41) is 22.6. The number of hydrogen-bond acceptors (Lipinski definition) is 7. The van der Waals surface area contributed by atoms with Gasteiger partial charge in [-0.05, 0) is 12.1 Å². The lowest BCUT2D eigenvalue weighted by molar-refractivity contribution is 0.349. The minimum Gasteiger partial charge on any atom is -0.504 e. The van der Waals surface area contributed by atoms with E-state index in [1.165, 1.54) is 13.4 Å². The zero-order chi connectivity index (χ0) is 14.8. The molecule has 0 aliphatic heterocycles. The summed E-state index contributed by atoms with van der Waals surface area (Å²) in [6.45, 7) is 0.249. The number of aromatic amines is 1. The molecule has 0 amide bonds. The van der Waals surface area contributed by atoms with Gasteiger partial charge in [0, 0.05) is 12.1 Å². The molecule has 108 valence electrons. The molecule has 21 heavy (non-hydrogen) atoms. The van der Waals surface area contributed by atoms with Gasteiger partial charge in [0.25, 0.3) is 0 Å². The molecule has 0 bridgehead atoms. The van der Waals surface area contributed by atoms with E-state index in [2.05, 4.69) is 25.3 Å². The molecule has 0 saturated heterocycles. The van der Waals surface area contributed by atoms with Crippen LogP contribution in [0.25, 0.3) is 11.2 Å². The number of phenols is 2. The number of ether oxygens (including phenoxy) is 1. The van der Waals surface area contributed by atoms with Gasteiger partial charge in [0.1, 0.15) is 5.52 Å². The third kappa shape index (κ3) is 2.38. The van der Waals surface area contributed by atoms with Gasteiger partial charge in [-0.1, -0.05) is 0 Å². The van der Waals surface area contributed by atoms with E-state index < -0.39 is 0 Å². The summed E-state index contributed by atoms with van der Waals surface area (Å²) in [5.41, 5.74) is 1.79. The average Bonchev–Trinajstić information content (AvgIpc) is 2.96. The van der Waals surface area contributed by atoms with Gasteiger partial charge < -0.3 is 25.3 Å². The Kier molecular flexibility index (Phi) is 3.19. The molecular formula is C13H13N5O3. The van der Waals surface area contributed by atoms with Crippen LogP contribution in [0.3, 0.4) is 0 Å². The highest BCUT2D eigenvalue weighted by atomic mass is 16.5. The van der Waals surface area contributed by atoms with E-state index in [4.69, 9.17) is 4.74 Å². The number of nitrogens with one attached hydrogen (secondary N) is 2. The summed E-state index contributed by atoms with van der Waals surface area (Å²) in [6.07, 6.45) is 3.15. The van der Waals surface area contributed by atoms with Crippen molar-refractivity contribution in [2.45, 2.75) is 6.54 Å². The number of benzene rings is 1. The van der Waals surface area contributed by atoms with E-state index in [9.17, 15) is 10.2 Å². The van der Waals surface area contributed by atoms with E-state index in [1.807, 2.05) is 0 Å². The Morgan fingerprint density at radius 1 is 1.24 bits per heavy atom. The number of H-pyrrole nitrogens is 1. The second-order valence-electron chi connectivity index (χ2n) is 4.31. The predicted molar refractivity (Wildman–Crippen MR) is 75.3 cm³/mol. The standard InChI is InChI=1S/C13H13N5O3/c1-21-9-3-2-7(10(19)11(9)20)4-14-13-15-5-8-12(18-13)17-6-16-8/h2-3,5-6,19-20H,4H2,1H3,(H2,14,15,16,17,18). The lowest BCUT2D eigenvalue weighted by Crippen LogP contribution is -2.04. The molecule has 0 spiro atoms. The van der Waals surface area contributed by atoms with Crippen molar-refractivity contribution < 1.29 is 14.9 Å². The molecule has 3 rings (SSSR count). The monoisotopic (exact) mass is 287 g/mol. The van der Waals surface area contributed by atoms with Crippen molar-refractivity contribution in [2.24, 2.45) is 0 Å². The Balaban J connectivity index is 1.79. The molecule has 0 saturated carbocycles. The quantitative estimate of drug-likeness (QED) is 0.536. The van der Waals surface area contributed by atoms with E-state index in [1.54, 1.807) is 18.3 Å². The van der Waals surface area contributed by atoms with Crippen LogP contribution >= 0.6 is 0 Å². The van der Waals surface area contributed by atoms with Gasteiger partial charge in [-0.3, -0.25) is 0 Å². The molecular weight excluding hydrogens is 274 g/mol. The summed E-state index contributed by atoms with van der Waals surface area (Å²) >= 11 is 0. The number of aromatic nitrogens is 4. The fourth-order valence-electron chi connectivity index (χ4n) is 1.91. The van der Waals surface area contributed by atoms with Crippen LogP contribution in [0.2, 0.25) is 0 Å². The summed E-state index contributed by atoms with van der Waals surface area (Å²) < 4.78 is 4.92. The number of rotatable bonds is 4. The molecule has 2 heterocycles. The SMILES string of the molecule is COc1ccc(CNc2ncc3[nH]cnc3n2)c(O)c1O. The molecule has 2 aromatic heterocycles. The first kappa shape index (κ1) is 13.0. The van der Waals surface area contributed by atoms with Gasteiger partial charge in [0.05, 0.1) is 19.6 Å². The number of phenolic OH excluding ortho intramolecular Hbond substituents is 2. The van der Waals surface area contributed by atoms with Gasteiger partial charge in [-0.25, -0.2) is 9.97 Å². The molecule has 3 aromatic rings. The molecule has 4 N–H and O–H groups in total. The highest BCUT2D eigenvalue weighted by Gasteiger charge is 2.12. The van der Waals surface area contributed by atoms with Crippen molar-refractivity contribution in [3.63, 3.8) is 0 Å². The zero-order valence-corrected chi connectivity index (χ0v) is 11.2. The highest BCUT2D eigenvalue weighted by molar-refractivity contribution is 5.69. The Morgan fingerprint density at radius 2 is 2.10 bits per heavy atom. The van der Waals surface area contributed by atoms with E-state index in [0.717, 1.165) is 5.52 Å². The normalized spacial score (nSPS) is 10.7. The van der Waals surface area contributed by atoms with Crippen molar-refractivity contribution in [2.75, 3.05) is 12.4 Å². The smallest absolute Gasteiger partial charge is 0.225 e. The number of methoxy groups -OCH3 is 1. The Hall–Kier alpha value is -3.03. The van der Waals surface area contributed by atoms with Crippen molar-refractivity contribution >= 4 is 17.1 Å². The average molecular weight is 287 g/mol. The maximum absolute atomic E-state index is 9.90. The first-order valence-corrected chi connectivity index (χ1v) is 6.17. The van der Waals surface area contributed by atoms with Crippen molar-refractivity contribution in [1.29, 1.82) is 0 Å². The molecule has 1 aromatic carbocycles. The summed E-state index contributed by atoms with van der Waals surface area (Å²) in [5.74, 6) is 0.0675. The molecule has 8 nitrogen and oxygen atoms in total. The van der Waals surface area contributed by atoms with Crippen molar-refractivity contribution in [3.8, 4) is 17.2 Å². The third-order valence-electron chi connectivity index (χ3n) is 3.03. The van der Waals surface area contributed by atoms with Gasteiger partial charge in [-0.15, -0.1) is 0 Å². The minimum absolute atomic E-state index is 0.213. The zero-order valence-electron chi connectivity index (χ0n) is 11.2.